The topological polar surface area (TPSA) is 68.7 Å². The van der Waals surface area contributed by atoms with E-state index in [9.17, 15) is 0 Å². The number of nitrogens with zero attached hydrogens (tertiary/aromatic N) is 3. The molecule has 5 rings (SSSR count). The quantitative estimate of drug-likeness (QED) is 0.352. The number of hydrogen-bond acceptors (Lipinski definition) is 8. The number of rotatable bonds is 9. The van der Waals surface area contributed by atoms with Gasteiger partial charge in [0.25, 0.3) is 0 Å². The van der Waals surface area contributed by atoms with Gasteiger partial charge in [0.05, 0.1) is 38.8 Å². The summed E-state index contributed by atoms with van der Waals surface area (Å²) in [5.74, 6) is 3.12. The first-order valence-corrected chi connectivity index (χ1v) is 12.3. The predicted molar refractivity (Wildman–Crippen MR) is 136 cm³/mol. The Balaban J connectivity index is 1.39. The molecule has 0 amide bonds. The zero-order chi connectivity index (χ0) is 23.2. The van der Waals surface area contributed by atoms with Gasteiger partial charge in [-0.2, -0.15) is 0 Å². The van der Waals surface area contributed by atoms with Crippen LogP contribution in [0.3, 0.4) is 0 Å². The van der Waals surface area contributed by atoms with Crippen molar-refractivity contribution in [2.24, 2.45) is 0 Å². The maximum atomic E-state index is 5.96. The van der Waals surface area contributed by atoms with Gasteiger partial charge < -0.3 is 19.5 Å². The molecule has 1 aliphatic heterocycles. The first-order chi connectivity index (χ1) is 16.8. The molecule has 4 aromatic rings. The summed E-state index contributed by atoms with van der Waals surface area (Å²) in [5, 5.41) is 6.74. The fraction of sp³-hybridized carbons (Fsp3) is 0.308. The van der Waals surface area contributed by atoms with Crippen molar-refractivity contribution in [3.8, 4) is 22.6 Å². The average Bonchev–Trinajstić information content (AvgIpc) is 3.32. The molecular formula is C26H28N4O3S. The third-order valence-electron chi connectivity index (χ3n) is 5.75. The highest BCUT2D eigenvalue weighted by Crippen LogP contribution is 2.37. The Labute approximate surface area is 203 Å². The minimum Gasteiger partial charge on any atom is -0.493 e. The van der Waals surface area contributed by atoms with Crippen LogP contribution in [-0.2, 0) is 11.3 Å². The summed E-state index contributed by atoms with van der Waals surface area (Å²) in [5.41, 5.74) is 2.30. The molecule has 176 valence electrons. The second kappa shape index (κ2) is 10.8. The number of thiophene rings is 1. The zero-order valence-electron chi connectivity index (χ0n) is 19.2. The number of methoxy groups -OCH3 is 1. The van der Waals surface area contributed by atoms with Gasteiger partial charge in [-0.1, -0.05) is 42.5 Å². The van der Waals surface area contributed by atoms with Crippen LogP contribution in [0.15, 0.2) is 60.0 Å². The summed E-state index contributed by atoms with van der Waals surface area (Å²) in [6.45, 7) is 5.10. The fourth-order valence-corrected chi connectivity index (χ4v) is 5.01. The number of morpholine rings is 1. The summed E-state index contributed by atoms with van der Waals surface area (Å²) in [4.78, 5) is 13.2. The molecule has 1 N–H and O–H groups in total. The van der Waals surface area contributed by atoms with Crippen LogP contribution in [0, 0.1) is 0 Å². The van der Waals surface area contributed by atoms with Crippen LogP contribution in [-0.4, -0.2) is 61.4 Å². The molecule has 2 aromatic carbocycles. The van der Waals surface area contributed by atoms with E-state index < -0.39 is 0 Å². The lowest BCUT2D eigenvalue weighted by molar-refractivity contribution is 0.0331. The van der Waals surface area contributed by atoms with Gasteiger partial charge in [0.15, 0.2) is 11.5 Å². The lowest BCUT2D eigenvalue weighted by Crippen LogP contribution is -2.36. The number of benzene rings is 2. The molecule has 0 bridgehead atoms. The number of hydrogen-bond donors (Lipinski definition) is 1. The average molecular weight is 477 g/mol. The van der Waals surface area contributed by atoms with Crippen LogP contribution in [0.25, 0.3) is 21.3 Å². The van der Waals surface area contributed by atoms with Crippen LogP contribution < -0.4 is 14.8 Å². The summed E-state index contributed by atoms with van der Waals surface area (Å²) < 4.78 is 16.8. The predicted octanol–water partition coefficient (Wildman–Crippen LogP) is 4.69. The Bertz CT molecular complexity index is 1230. The molecule has 34 heavy (non-hydrogen) atoms. The maximum Gasteiger partial charge on any atom is 0.161 e. The minimum absolute atomic E-state index is 0.482. The molecule has 0 atom stereocenters. The fourth-order valence-electron chi connectivity index (χ4n) is 4.04. The Kier molecular flexibility index (Phi) is 7.19. The minimum atomic E-state index is 0.482. The van der Waals surface area contributed by atoms with Crippen molar-refractivity contribution in [2.75, 3.05) is 51.9 Å². The Morgan fingerprint density at radius 2 is 1.76 bits per heavy atom. The summed E-state index contributed by atoms with van der Waals surface area (Å²) in [7, 11) is 1.65. The van der Waals surface area contributed by atoms with E-state index in [0.717, 1.165) is 70.8 Å². The van der Waals surface area contributed by atoms with Crippen LogP contribution in [0.2, 0.25) is 0 Å². The van der Waals surface area contributed by atoms with Gasteiger partial charge in [-0.05, 0) is 17.7 Å². The van der Waals surface area contributed by atoms with Gasteiger partial charge in [0.1, 0.15) is 23.1 Å². The van der Waals surface area contributed by atoms with Crippen molar-refractivity contribution < 1.29 is 14.2 Å². The molecule has 1 aliphatic rings. The number of para-hydroxylation sites is 2. The second-order valence-corrected chi connectivity index (χ2v) is 8.86. The zero-order valence-corrected chi connectivity index (χ0v) is 20.0. The van der Waals surface area contributed by atoms with Crippen LogP contribution in [0.1, 0.15) is 5.82 Å². The van der Waals surface area contributed by atoms with Gasteiger partial charge in [0, 0.05) is 24.0 Å². The molecule has 0 unspecified atom stereocenters. The number of aromatic nitrogens is 2. The normalized spacial score (nSPS) is 14.3. The van der Waals surface area contributed by atoms with Crippen LogP contribution in [0.4, 0.5) is 5.82 Å². The number of fused-ring (bicyclic) bond motifs is 1. The third-order valence-corrected chi connectivity index (χ3v) is 6.63. The van der Waals surface area contributed by atoms with E-state index >= 15 is 0 Å². The highest BCUT2D eigenvalue weighted by molar-refractivity contribution is 7.17. The largest absolute Gasteiger partial charge is 0.493 e. The molecule has 8 heteroatoms. The van der Waals surface area contributed by atoms with Crippen molar-refractivity contribution in [3.63, 3.8) is 0 Å². The van der Waals surface area contributed by atoms with Gasteiger partial charge >= 0.3 is 0 Å². The van der Waals surface area contributed by atoms with E-state index in [1.165, 1.54) is 0 Å². The third kappa shape index (κ3) is 5.14. The Hall–Kier alpha value is -3.20. The summed E-state index contributed by atoms with van der Waals surface area (Å²) in [6, 6.07) is 18.1. The highest BCUT2D eigenvalue weighted by Gasteiger charge is 2.18. The van der Waals surface area contributed by atoms with Crippen molar-refractivity contribution in [3.05, 3.63) is 65.8 Å². The molecular weight excluding hydrogens is 448 g/mol. The lowest BCUT2D eigenvalue weighted by Gasteiger charge is -2.25. The number of nitrogens with one attached hydrogen (secondary N) is 1. The van der Waals surface area contributed by atoms with Crippen molar-refractivity contribution in [2.45, 2.75) is 6.54 Å². The summed E-state index contributed by atoms with van der Waals surface area (Å²) in [6.07, 6.45) is 0. The molecule has 3 heterocycles. The molecule has 0 spiro atoms. The van der Waals surface area contributed by atoms with E-state index in [0.29, 0.717) is 19.7 Å². The van der Waals surface area contributed by atoms with Crippen molar-refractivity contribution >= 4 is 27.4 Å². The van der Waals surface area contributed by atoms with Gasteiger partial charge in [-0.25, -0.2) is 9.97 Å². The number of anilines is 1. The maximum absolute atomic E-state index is 5.96. The van der Waals surface area contributed by atoms with Crippen LogP contribution >= 0.6 is 11.3 Å². The van der Waals surface area contributed by atoms with E-state index in [2.05, 4.69) is 39.9 Å². The van der Waals surface area contributed by atoms with Crippen LogP contribution in [0.5, 0.6) is 11.5 Å². The Morgan fingerprint density at radius 1 is 1.00 bits per heavy atom. The molecule has 0 radical (unpaired) electrons. The van der Waals surface area contributed by atoms with Crippen molar-refractivity contribution in [1.29, 1.82) is 0 Å². The highest BCUT2D eigenvalue weighted by atomic mass is 32.1. The summed E-state index contributed by atoms with van der Waals surface area (Å²) >= 11 is 1.66. The molecule has 1 saturated heterocycles. The van der Waals surface area contributed by atoms with Gasteiger partial charge in [0.2, 0.25) is 0 Å². The second-order valence-electron chi connectivity index (χ2n) is 8.00. The van der Waals surface area contributed by atoms with E-state index in [1.54, 1.807) is 18.4 Å². The Morgan fingerprint density at radius 3 is 2.56 bits per heavy atom. The SMILES string of the molecule is COc1ccccc1OCCNc1nc(CN2CCOCC2)nc2scc(-c3ccccc3)c12. The smallest absolute Gasteiger partial charge is 0.161 e. The standard InChI is InChI=1S/C26H28N4O3S/c1-31-21-9-5-6-10-22(21)33-14-11-27-25-24-20(19-7-3-2-4-8-19)18-34-26(24)29-23(28-25)17-30-12-15-32-16-13-30/h2-10,18H,11-17H2,1H3,(H,27,28,29). The molecule has 2 aromatic heterocycles. The molecule has 0 saturated carbocycles. The van der Waals surface area contributed by atoms with Gasteiger partial charge in [-0.15, -0.1) is 11.3 Å². The molecule has 7 nitrogen and oxygen atoms in total. The lowest BCUT2D eigenvalue weighted by atomic mass is 10.1. The first kappa shape index (κ1) is 22.6. The number of ether oxygens (including phenoxy) is 3. The van der Waals surface area contributed by atoms with E-state index in [-0.39, 0.29) is 0 Å². The van der Waals surface area contributed by atoms with Gasteiger partial charge in [-0.3, -0.25) is 4.90 Å². The first-order valence-electron chi connectivity index (χ1n) is 11.4. The van der Waals surface area contributed by atoms with E-state index in [4.69, 9.17) is 24.2 Å². The molecule has 0 aliphatic carbocycles. The van der Waals surface area contributed by atoms with Crippen molar-refractivity contribution in [1.82, 2.24) is 14.9 Å². The molecule has 1 fully saturated rings. The monoisotopic (exact) mass is 476 g/mol. The van der Waals surface area contributed by atoms with E-state index in [1.807, 2.05) is 30.3 Å².